The fourth-order valence-electron chi connectivity index (χ4n) is 3.27. The molecule has 0 saturated carbocycles. The van der Waals surface area contributed by atoms with Gasteiger partial charge in [0, 0.05) is 25.1 Å². The molecule has 1 amide bonds. The monoisotopic (exact) mass is 342 g/mol. The molecule has 1 saturated heterocycles. The number of amides is 1. The summed E-state index contributed by atoms with van der Waals surface area (Å²) in [6.45, 7) is 2.71. The largest absolute Gasteiger partial charge is 0.491 e. The van der Waals surface area contributed by atoms with Crippen molar-refractivity contribution in [3.63, 3.8) is 0 Å². The molecule has 0 unspecified atom stereocenters. The molecule has 2 aliphatic heterocycles. The second kappa shape index (κ2) is 7.23. The third kappa shape index (κ3) is 3.66. The summed E-state index contributed by atoms with van der Waals surface area (Å²) in [4.78, 5) is 12.3. The smallest absolute Gasteiger partial charge is 0.251 e. The van der Waals surface area contributed by atoms with Crippen LogP contribution in [0.3, 0.4) is 0 Å². The Bertz CT molecular complexity index is 735. The Morgan fingerprint density at radius 2 is 2.16 bits per heavy atom. The van der Waals surface area contributed by atoms with Crippen molar-refractivity contribution in [2.45, 2.75) is 44.9 Å². The molecule has 1 aromatic heterocycles. The average molecular weight is 342 g/mol. The minimum absolute atomic E-state index is 0.124. The van der Waals surface area contributed by atoms with Gasteiger partial charge in [-0.25, -0.2) is 0 Å². The second-order valence-corrected chi connectivity index (χ2v) is 6.44. The normalized spacial score (nSPS) is 19.0. The van der Waals surface area contributed by atoms with E-state index < -0.39 is 0 Å². The number of benzene rings is 1. The molecule has 0 aliphatic carbocycles. The van der Waals surface area contributed by atoms with Gasteiger partial charge in [-0.1, -0.05) is 0 Å². The lowest BCUT2D eigenvalue weighted by molar-refractivity contribution is 0.0679. The van der Waals surface area contributed by atoms with Crippen LogP contribution in [0.5, 0.6) is 5.75 Å². The van der Waals surface area contributed by atoms with Crippen LogP contribution in [-0.2, 0) is 24.2 Å². The van der Waals surface area contributed by atoms with E-state index in [-0.39, 0.29) is 12.0 Å². The molecule has 1 fully saturated rings. The molecule has 7 nitrogen and oxygen atoms in total. The molecule has 3 heterocycles. The number of hydrogen-bond donors (Lipinski definition) is 1. The van der Waals surface area contributed by atoms with Crippen molar-refractivity contribution in [1.82, 2.24) is 20.1 Å². The van der Waals surface area contributed by atoms with Gasteiger partial charge in [0.2, 0.25) is 0 Å². The molecule has 1 N–H and O–H groups in total. The average Bonchev–Trinajstić information content (AvgIpc) is 3.37. The zero-order valence-electron chi connectivity index (χ0n) is 14.1. The topological polar surface area (TPSA) is 78.3 Å². The molecular weight excluding hydrogens is 320 g/mol. The van der Waals surface area contributed by atoms with Gasteiger partial charge in [0.15, 0.2) is 5.82 Å². The summed E-state index contributed by atoms with van der Waals surface area (Å²) in [5.74, 6) is 2.46. The van der Waals surface area contributed by atoms with Gasteiger partial charge in [-0.3, -0.25) is 4.79 Å². The van der Waals surface area contributed by atoms with Crippen molar-refractivity contribution < 1.29 is 14.3 Å². The van der Waals surface area contributed by atoms with Crippen LogP contribution in [0.4, 0.5) is 0 Å². The standard InChI is InChI=1S/C18H22N4O3/c23-18(19-11-17-21-20-16-4-1-9-22(16)17)13-5-7-14(8-6-13)25-12-15-3-2-10-24-15/h5-8,15H,1-4,9-12H2,(H,19,23)/t15-/m1/s1. The van der Waals surface area contributed by atoms with Gasteiger partial charge in [-0.2, -0.15) is 0 Å². The third-order valence-electron chi connectivity index (χ3n) is 4.67. The predicted octanol–water partition coefficient (Wildman–Crippen LogP) is 1.71. The molecule has 1 aromatic carbocycles. The molecule has 0 spiro atoms. The first-order valence-corrected chi connectivity index (χ1v) is 8.83. The molecule has 0 radical (unpaired) electrons. The third-order valence-corrected chi connectivity index (χ3v) is 4.67. The van der Waals surface area contributed by atoms with E-state index in [4.69, 9.17) is 9.47 Å². The number of carbonyl (C=O) groups is 1. The van der Waals surface area contributed by atoms with Crippen LogP contribution in [0, 0.1) is 0 Å². The van der Waals surface area contributed by atoms with Crippen LogP contribution in [-0.4, -0.2) is 40.0 Å². The number of hydrogen-bond acceptors (Lipinski definition) is 5. The first-order chi connectivity index (χ1) is 12.3. The van der Waals surface area contributed by atoms with E-state index in [9.17, 15) is 4.79 Å². The van der Waals surface area contributed by atoms with Gasteiger partial charge in [0.25, 0.3) is 5.91 Å². The van der Waals surface area contributed by atoms with Gasteiger partial charge in [-0.05, 0) is 43.5 Å². The summed E-state index contributed by atoms with van der Waals surface area (Å²) in [5.41, 5.74) is 0.602. The minimum Gasteiger partial charge on any atom is -0.491 e. The Balaban J connectivity index is 1.29. The van der Waals surface area contributed by atoms with Crippen LogP contribution in [0.15, 0.2) is 24.3 Å². The zero-order valence-corrected chi connectivity index (χ0v) is 14.1. The summed E-state index contributed by atoms with van der Waals surface area (Å²) in [5, 5.41) is 11.2. The maximum absolute atomic E-state index is 12.3. The number of carbonyl (C=O) groups excluding carboxylic acids is 1. The summed E-state index contributed by atoms with van der Waals surface area (Å²) < 4.78 is 13.3. The Labute approximate surface area is 146 Å². The summed E-state index contributed by atoms with van der Waals surface area (Å²) in [6, 6.07) is 7.18. The predicted molar refractivity (Wildman–Crippen MR) is 90.4 cm³/mol. The van der Waals surface area contributed by atoms with Crippen molar-refractivity contribution in [1.29, 1.82) is 0 Å². The van der Waals surface area contributed by atoms with Crippen LogP contribution in [0.25, 0.3) is 0 Å². The maximum atomic E-state index is 12.3. The number of ether oxygens (including phenoxy) is 2. The Morgan fingerprint density at radius 1 is 1.28 bits per heavy atom. The Morgan fingerprint density at radius 3 is 2.96 bits per heavy atom. The van der Waals surface area contributed by atoms with Crippen LogP contribution in [0.1, 0.15) is 41.3 Å². The molecule has 0 bridgehead atoms. The number of nitrogens with one attached hydrogen (secondary N) is 1. The molecule has 1 atom stereocenters. The van der Waals surface area contributed by atoms with E-state index >= 15 is 0 Å². The summed E-state index contributed by atoms with van der Waals surface area (Å²) >= 11 is 0. The number of aryl methyl sites for hydroxylation is 1. The zero-order chi connectivity index (χ0) is 17.1. The van der Waals surface area contributed by atoms with Crippen molar-refractivity contribution in [2.24, 2.45) is 0 Å². The number of nitrogens with zero attached hydrogens (tertiary/aromatic N) is 3. The van der Waals surface area contributed by atoms with Crippen molar-refractivity contribution >= 4 is 5.91 Å². The number of aromatic nitrogens is 3. The minimum atomic E-state index is -0.124. The maximum Gasteiger partial charge on any atom is 0.251 e. The van der Waals surface area contributed by atoms with Gasteiger partial charge in [0.1, 0.15) is 18.2 Å². The highest BCUT2D eigenvalue weighted by Crippen LogP contribution is 2.17. The number of fused-ring (bicyclic) bond motifs is 1. The lowest BCUT2D eigenvalue weighted by Gasteiger charge is -2.11. The highest BCUT2D eigenvalue weighted by molar-refractivity contribution is 5.94. The quantitative estimate of drug-likeness (QED) is 0.865. The van der Waals surface area contributed by atoms with E-state index in [1.54, 1.807) is 12.1 Å². The van der Waals surface area contributed by atoms with Crippen LogP contribution < -0.4 is 10.1 Å². The molecule has 2 aromatic rings. The number of rotatable bonds is 6. The summed E-state index contributed by atoms with van der Waals surface area (Å²) in [7, 11) is 0. The lowest BCUT2D eigenvalue weighted by Crippen LogP contribution is -2.24. The van der Waals surface area contributed by atoms with E-state index in [0.717, 1.165) is 56.2 Å². The molecule has 2 aliphatic rings. The SMILES string of the molecule is O=C(NCc1nnc2n1CCC2)c1ccc(OC[C@H]2CCCO2)cc1. The van der Waals surface area contributed by atoms with E-state index in [0.29, 0.717) is 18.7 Å². The fraction of sp³-hybridized carbons (Fsp3) is 0.500. The van der Waals surface area contributed by atoms with Gasteiger partial charge >= 0.3 is 0 Å². The van der Waals surface area contributed by atoms with Gasteiger partial charge in [0.05, 0.1) is 12.6 Å². The van der Waals surface area contributed by atoms with Crippen LogP contribution >= 0.6 is 0 Å². The fourth-order valence-corrected chi connectivity index (χ4v) is 3.27. The molecule has 132 valence electrons. The van der Waals surface area contributed by atoms with Crippen molar-refractivity contribution in [3.8, 4) is 5.75 Å². The Hall–Kier alpha value is -2.41. The highest BCUT2D eigenvalue weighted by Gasteiger charge is 2.18. The van der Waals surface area contributed by atoms with Crippen molar-refractivity contribution in [3.05, 3.63) is 41.5 Å². The highest BCUT2D eigenvalue weighted by atomic mass is 16.5. The Kier molecular flexibility index (Phi) is 4.65. The molecule has 7 heteroatoms. The summed E-state index contributed by atoms with van der Waals surface area (Å²) in [6.07, 6.45) is 4.40. The second-order valence-electron chi connectivity index (χ2n) is 6.44. The van der Waals surface area contributed by atoms with E-state index in [1.165, 1.54) is 0 Å². The molecular formula is C18H22N4O3. The first-order valence-electron chi connectivity index (χ1n) is 8.83. The lowest BCUT2D eigenvalue weighted by atomic mass is 10.2. The van der Waals surface area contributed by atoms with Crippen LogP contribution in [0.2, 0.25) is 0 Å². The van der Waals surface area contributed by atoms with E-state index in [1.807, 2.05) is 12.1 Å². The van der Waals surface area contributed by atoms with Gasteiger partial charge in [-0.15, -0.1) is 10.2 Å². The first kappa shape index (κ1) is 16.1. The van der Waals surface area contributed by atoms with Crippen molar-refractivity contribution in [2.75, 3.05) is 13.2 Å². The van der Waals surface area contributed by atoms with E-state index in [2.05, 4.69) is 20.1 Å². The molecule has 25 heavy (non-hydrogen) atoms. The van der Waals surface area contributed by atoms with Gasteiger partial charge < -0.3 is 19.4 Å². The molecule has 4 rings (SSSR count).